The van der Waals surface area contributed by atoms with E-state index < -0.39 is 20.0 Å². The van der Waals surface area contributed by atoms with E-state index in [-0.39, 0.29) is 19.1 Å². The molecule has 0 spiro atoms. The molecule has 1 amide bonds. The van der Waals surface area contributed by atoms with Crippen molar-refractivity contribution in [2.45, 2.75) is 251 Å². The first-order valence-electron chi connectivity index (χ1n) is 24.6. The molecule has 0 saturated carbocycles. The number of phosphoric ester groups is 1. The highest BCUT2D eigenvalue weighted by Gasteiger charge is 2.27. The summed E-state index contributed by atoms with van der Waals surface area (Å²) in [5.41, 5.74) is 0. The molecule has 3 N–H and O–H groups in total. The van der Waals surface area contributed by atoms with Crippen LogP contribution in [0.1, 0.15) is 239 Å². The van der Waals surface area contributed by atoms with Gasteiger partial charge in [-0.25, -0.2) is 4.57 Å². The highest BCUT2D eigenvalue weighted by atomic mass is 31.2. The summed E-state index contributed by atoms with van der Waals surface area (Å²) in [6.07, 6.45) is 47.4. The number of unbranched alkanes of at least 4 members (excludes halogenated alkanes) is 32. The number of phosphoric acid groups is 1. The Bertz CT molecular complexity index is 942. The van der Waals surface area contributed by atoms with Gasteiger partial charge in [0.25, 0.3) is 0 Å². The third-order valence-electron chi connectivity index (χ3n) is 11.3. The van der Waals surface area contributed by atoms with Crippen molar-refractivity contribution in [3.63, 3.8) is 0 Å². The van der Waals surface area contributed by atoms with Crippen molar-refractivity contribution < 1.29 is 32.9 Å². The number of likely N-dealkylation sites (N-methyl/N-ethyl adjacent to an activating group) is 1. The lowest BCUT2D eigenvalue weighted by molar-refractivity contribution is -0.870. The van der Waals surface area contributed by atoms with Crippen molar-refractivity contribution >= 4 is 13.7 Å². The van der Waals surface area contributed by atoms with Gasteiger partial charge in [-0.2, -0.15) is 0 Å². The van der Waals surface area contributed by atoms with Gasteiger partial charge in [-0.05, 0) is 19.3 Å². The lowest BCUT2D eigenvalue weighted by Gasteiger charge is -2.25. The summed E-state index contributed by atoms with van der Waals surface area (Å²) in [6.45, 7) is 4.81. The van der Waals surface area contributed by atoms with Gasteiger partial charge in [0, 0.05) is 6.42 Å². The quantitative estimate of drug-likeness (QED) is 0.0244. The molecule has 0 aromatic rings. The molecule has 3 atom stereocenters. The SMILES string of the molecule is CCCCCCCCC/C=C/[C@@H](O)[C@H](COP(=O)(O)OCC[N+](C)(C)C)NC(=O)CCCCCCCCCCCCCCCCCCCCCCCCCCCC. The van der Waals surface area contributed by atoms with Crippen LogP contribution < -0.4 is 5.32 Å². The van der Waals surface area contributed by atoms with Crippen molar-refractivity contribution in [2.24, 2.45) is 0 Å². The van der Waals surface area contributed by atoms with Crippen LogP contribution in [-0.2, 0) is 18.4 Å². The molecule has 0 heterocycles. The van der Waals surface area contributed by atoms with Crippen LogP contribution in [-0.4, -0.2) is 73.4 Å². The fourth-order valence-electron chi connectivity index (χ4n) is 7.34. The average Bonchev–Trinajstić information content (AvgIpc) is 3.16. The van der Waals surface area contributed by atoms with Crippen LogP contribution in [0.3, 0.4) is 0 Å². The number of carbonyl (C=O) groups is 1. The summed E-state index contributed by atoms with van der Waals surface area (Å²) in [7, 11) is 1.58. The second-order valence-electron chi connectivity index (χ2n) is 18.2. The molecule has 0 aromatic carbocycles. The maximum Gasteiger partial charge on any atom is 0.472 e. The molecule has 0 aliphatic rings. The van der Waals surface area contributed by atoms with Gasteiger partial charge in [0.05, 0.1) is 39.9 Å². The van der Waals surface area contributed by atoms with Crippen molar-refractivity contribution in [2.75, 3.05) is 40.9 Å². The van der Waals surface area contributed by atoms with E-state index in [0.717, 1.165) is 38.5 Å². The van der Waals surface area contributed by atoms with Gasteiger partial charge in [-0.3, -0.25) is 13.8 Å². The smallest absolute Gasteiger partial charge is 0.387 e. The number of quaternary nitrogens is 1. The number of amides is 1. The maximum atomic E-state index is 12.9. The minimum Gasteiger partial charge on any atom is -0.387 e. The largest absolute Gasteiger partial charge is 0.472 e. The van der Waals surface area contributed by atoms with E-state index in [9.17, 15) is 19.4 Å². The Hall–Kier alpha value is -0.760. The minimum atomic E-state index is -4.33. The number of nitrogens with one attached hydrogen (secondary N) is 1. The van der Waals surface area contributed by atoms with Crippen molar-refractivity contribution in [3.05, 3.63) is 12.2 Å². The predicted octanol–water partition coefficient (Wildman–Crippen LogP) is 13.9. The molecule has 0 saturated heterocycles. The summed E-state index contributed by atoms with van der Waals surface area (Å²) in [4.78, 5) is 23.1. The molecule has 0 bridgehead atoms. The Morgan fingerprint density at radius 1 is 0.579 bits per heavy atom. The number of aliphatic hydroxyl groups excluding tert-OH is 1. The summed E-state index contributed by atoms with van der Waals surface area (Å²) in [5.74, 6) is -0.175. The van der Waals surface area contributed by atoms with E-state index in [2.05, 4.69) is 19.2 Å². The Labute approximate surface area is 354 Å². The summed E-state index contributed by atoms with van der Waals surface area (Å²) >= 11 is 0. The predicted molar refractivity (Wildman–Crippen MR) is 245 cm³/mol. The second kappa shape index (κ2) is 40.6. The molecule has 0 aliphatic heterocycles. The average molecular weight is 830 g/mol. The van der Waals surface area contributed by atoms with Gasteiger partial charge in [0.2, 0.25) is 5.91 Å². The summed E-state index contributed by atoms with van der Waals surface area (Å²) in [6, 6.07) is -0.839. The van der Waals surface area contributed by atoms with Crippen LogP contribution in [0.5, 0.6) is 0 Å². The Morgan fingerprint density at radius 2 is 0.930 bits per heavy atom. The molecule has 57 heavy (non-hydrogen) atoms. The molecule has 0 aromatic heterocycles. The van der Waals surface area contributed by atoms with Crippen molar-refractivity contribution in [1.29, 1.82) is 0 Å². The number of allylic oxidation sites excluding steroid dienone is 1. The zero-order valence-corrected chi connectivity index (χ0v) is 39.5. The van der Waals surface area contributed by atoms with Crippen molar-refractivity contribution in [3.8, 4) is 0 Å². The fourth-order valence-corrected chi connectivity index (χ4v) is 8.07. The third-order valence-corrected chi connectivity index (χ3v) is 12.2. The monoisotopic (exact) mass is 830 g/mol. The van der Waals surface area contributed by atoms with E-state index in [1.54, 1.807) is 6.08 Å². The molecule has 0 fully saturated rings. The highest BCUT2D eigenvalue weighted by molar-refractivity contribution is 7.47. The lowest BCUT2D eigenvalue weighted by Crippen LogP contribution is -2.45. The van der Waals surface area contributed by atoms with Gasteiger partial charge < -0.3 is 19.8 Å². The second-order valence-corrected chi connectivity index (χ2v) is 19.7. The minimum absolute atomic E-state index is 0.0643. The van der Waals surface area contributed by atoms with Crippen LogP contribution >= 0.6 is 7.82 Å². The zero-order valence-electron chi connectivity index (χ0n) is 38.6. The van der Waals surface area contributed by atoms with Gasteiger partial charge in [0.1, 0.15) is 13.2 Å². The molecule has 0 rings (SSSR count). The molecule has 340 valence electrons. The summed E-state index contributed by atoms with van der Waals surface area (Å²) < 4.78 is 23.5. The Morgan fingerprint density at radius 3 is 1.30 bits per heavy atom. The van der Waals surface area contributed by atoms with E-state index >= 15 is 0 Å². The molecule has 9 heteroatoms. The first kappa shape index (κ1) is 56.2. The normalized spacial score (nSPS) is 14.3. The molecular formula is C48H98N2O6P+. The molecule has 1 unspecified atom stereocenters. The maximum absolute atomic E-state index is 12.9. The van der Waals surface area contributed by atoms with Crippen molar-refractivity contribution in [1.82, 2.24) is 5.32 Å². The highest BCUT2D eigenvalue weighted by Crippen LogP contribution is 2.43. The third kappa shape index (κ3) is 43.1. The number of rotatable bonds is 45. The van der Waals surface area contributed by atoms with E-state index in [4.69, 9.17) is 9.05 Å². The Balaban J connectivity index is 4.05. The number of nitrogens with zero attached hydrogens (tertiary/aromatic N) is 1. The van der Waals surface area contributed by atoms with Gasteiger partial charge >= 0.3 is 7.82 Å². The van der Waals surface area contributed by atoms with Gasteiger partial charge in [0.15, 0.2) is 0 Å². The molecule has 0 radical (unpaired) electrons. The topological polar surface area (TPSA) is 105 Å². The number of aliphatic hydroxyl groups is 1. The van der Waals surface area contributed by atoms with Crippen LogP contribution in [0.4, 0.5) is 0 Å². The van der Waals surface area contributed by atoms with E-state index in [0.29, 0.717) is 17.4 Å². The molecule has 0 aliphatic carbocycles. The van der Waals surface area contributed by atoms with Crippen LogP contribution in [0.15, 0.2) is 12.2 Å². The zero-order chi connectivity index (χ0) is 42.1. The standard InChI is InChI=1S/C48H97N2O6P/c1-6-8-10-12-14-16-17-18-19-20-21-22-23-24-25-26-27-28-29-30-31-32-34-36-38-40-42-48(52)49-46(45-56-57(53,54)55-44-43-50(3,4)5)47(51)41-39-37-35-33-15-13-11-9-7-2/h39,41,46-47,51H,6-38,40,42-45H2,1-5H3,(H-,49,52,53,54)/p+1/b41-39+/t46-,47+/m0/s1. The Kier molecular flexibility index (Phi) is 40.1. The number of hydrogen-bond donors (Lipinski definition) is 3. The number of hydrogen-bond acceptors (Lipinski definition) is 5. The summed E-state index contributed by atoms with van der Waals surface area (Å²) in [5, 5.41) is 13.8. The van der Waals surface area contributed by atoms with E-state index in [1.807, 2.05) is 27.2 Å². The fraction of sp³-hybridized carbons (Fsp3) is 0.938. The van der Waals surface area contributed by atoms with Gasteiger partial charge in [-0.15, -0.1) is 0 Å². The first-order chi connectivity index (χ1) is 27.5. The molecular weight excluding hydrogens is 732 g/mol. The first-order valence-corrected chi connectivity index (χ1v) is 26.1. The molecule has 8 nitrogen and oxygen atoms in total. The van der Waals surface area contributed by atoms with E-state index in [1.165, 1.54) is 180 Å². The van der Waals surface area contributed by atoms with Gasteiger partial charge in [-0.1, -0.05) is 225 Å². The van der Waals surface area contributed by atoms with Crippen LogP contribution in [0, 0.1) is 0 Å². The number of carbonyl (C=O) groups excluding carboxylic acids is 1. The lowest BCUT2D eigenvalue weighted by atomic mass is 10.0. The van der Waals surface area contributed by atoms with Crippen LogP contribution in [0.25, 0.3) is 0 Å². The van der Waals surface area contributed by atoms with Crippen LogP contribution in [0.2, 0.25) is 0 Å².